The second kappa shape index (κ2) is 6.11. The van der Waals surface area contributed by atoms with Gasteiger partial charge in [0.1, 0.15) is 0 Å². The fourth-order valence-electron chi connectivity index (χ4n) is 0.983. The van der Waals surface area contributed by atoms with E-state index in [0.29, 0.717) is 5.56 Å². The predicted octanol–water partition coefficient (Wildman–Crippen LogP) is 3.09. The molecule has 84 valence electrons. The van der Waals surface area contributed by atoms with Gasteiger partial charge in [-0.05, 0) is 24.6 Å². The molecule has 0 fully saturated rings. The van der Waals surface area contributed by atoms with Crippen LogP contribution in [0, 0.1) is 18.6 Å². The van der Waals surface area contributed by atoms with Crippen LogP contribution in [0.5, 0.6) is 0 Å². The van der Waals surface area contributed by atoms with E-state index < -0.39 is 17.6 Å². The van der Waals surface area contributed by atoms with Crippen LogP contribution < -0.4 is 0 Å². The zero-order valence-electron chi connectivity index (χ0n) is 9.23. The maximum Gasteiger partial charge on any atom is 0.340 e. The molecule has 0 aliphatic rings. The molecular formula is C11H14F2O2. The highest BCUT2D eigenvalue weighted by molar-refractivity contribution is 5.89. The van der Waals surface area contributed by atoms with Gasteiger partial charge in [-0.15, -0.1) is 0 Å². The van der Waals surface area contributed by atoms with Gasteiger partial charge in [0.05, 0.1) is 12.7 Å². The molecule has 0 N–H and O–H groups in total. The Bertz CT molecular complexity index is 349. The Morgan fingerprint density at radius 1 is 1.27 bits per heavy atom. The molecule has 0 saturated carbocycles. The number of halogens is 2. The molecule has 0 amide bonds. The SMILES string of the molecule is CC.COC(=O)c1cc(C)cc(F)c1F. The lowest BCUT2D eigenvalue weighted by Gasteiger charge is -2.02. The third-order valence-corrected chi connectivity index (χ3v) is 1.58. The Morgan fingerprint density at radius 3 is 2.27 bits per heavy atom. The summed E-state index contributed by atoms with van der Waals surface area (Å²) >= 11 is 0. The number of hydrogen-bond acceptors (Lipinski definition) is 2. The van der Waals surface area contributed by atoms with Gasteiger partial charge in [0, 0.05) is 0 Å². The average Bonchev–Trinajstić information content (AvgIpc) is 2.25. The van der Waals surface area contributed by atoms with E-state index in [0.717, 1.165) is 13.2 Å². The maximum atomic E-state index is 12.9. The van der Waals surface area contributed by atoms with Crippen molar-refractivity contribution in [2.75, 3.05) is 7.11 Å². The van der Waals surface area contributed by atoms with Crippen molar-refractivity contribution in [3.8, 4) is 0 Å². The largest absolute Gasteiger partial charge is 0.465 e. The van der Waals surface area contributed by atoms with Gasteiger partial charge in [-0.25, -0.2) is 13.6 Å². The van der Waals surface area contributed by atoms with Crippen molar-refractivity contribution in [1.29, 1.82) is 0 Å². The third-order valence-electron chi connectivity index (χ3n) is 1.58. The molecule has 0 unspecified atom stereocenters. The minimum absolute atomic E-state index is 0.375. The molecule has 1 rings (SSSR count). The summed E-state index contributed by atoms with van der Waals surface area (Å²) in [7, 11) is 1.11. The maximum absolute atomic E-state index is 12.9. The number of benzene rings is 1. The van der Waals surface area contributed by atoms with Crippen molar-refractivity contribution >= 4 is 5.97 Å². The van der Waals surface area contributed by atoms with Crippen molar-refractivity contribution in [3.05, 3.63) is 34.9 Å². The fraction of sp³-hybridized carbons (Fsp3) is 0.364. The highest BCUT2D eigenvalue weighted by Gasteiger charge is 2.16. The number of aryl methyl sites for hydroxylation is 1. The summed E-state index contributed by atoms with van der Waals surface area (Å²) in [5.74, 6) is -3.09. The smallest absolute Gasteiger partial charge is 0.340 e. The van der Waals surface area contributed by atoms with E-state index in [2.05, 4.69) is 4.74 Å². The number of hydrogen-bond donors (Lipinski definition) is 0. The summed E-state index contributed by atoms with van der Waals surface area (Å²) in [5.41, 5.74) is 0.0966. The van der Waals surface area contributed by atoms with Crippen LogP contribution in [0.15, 0.2) is 12.1 Å². The standard InChI is InChI=1S/C9H8F2O2.C2H6/c1-5-3-6(9(12)13-2)8(11)7(10)4-5;1-2/h3-4H,1-2H3;1-2H3. The first kappa shape index (κ1) is 13.6. The van der Waals surface area contributed by atoms with Gasteiger partial charge in [0.15, 0.2) is 11.6 Å². The van der Waals surface area contributed by atoms with E-state index in [1.165, 1.54) is 6.07 Å². The van der Waals surface area contributed by atoms with Gasteiger partial charge in [-0.1, -0.05) is 13.8 Å². The normalized spacial score (nSPS) is 8.93. The summed E-state index contributed by atoms with van der Waals surface area (Å²) in [6, 6.07) is 2.26. The summed E-state index contributed by atoms with van der Waals surface area (Å²) in [6.45, 7) is 5.56. The Balaban J connectivity index is 0.000000921. The molecule has 0 heterocycles. The molecule has 1 aromatic rings. The van der Waals surface area contributed by atoms with Gasteiger partial charge in [0.25, 0.3) is 0 Å². The first-order valence-electron chi connectivity index (χ1n) is 4.60. The predicted molar refractivity (Wildman–Crippen MR) is 53.8 cm³/mol. The molecule has 0 atom stereocenters. The van der Waals surface area contributed by atoms with Crippen molar-refractivity contribution in [3.63, 3.8) is 0 Å². The molecule has 4 heteroatoms. The van der Waals surface area contributed by atoms with Crippen molar-refractivity contribution in [2.24, 2.45) is 0 Å². The minimum atomic E-state index is -1.17. The van der Waals surface area contributed by atoms with Gasteiger partial charge in [-0.3, -0.25) is 0 Å². The van der Waals surface area contributed by atoms with Crippen molar-refractivity contribution < 1.29 is 18.3 Å². The Labute approximate surface area is 87.9 Å². The lowest BCUT2D eigenvalue weighted by molar-refractivity contribution is 0.0594. The van der Waals surface area contributed by atoms with E-state index in [9.17, 15) is 13.6 Å². The van der Waals surface area contributed by atoms with Gasteiger partial charge in [-0.2, -0.15) is 0 Å². The van der Waals surface area contributed by atoms with Crippen LogP contribution in [0.2, 0.25) is 0 Å². The first-order valence-corrected chi connectivity index (χ1v) is 4.60. The molecule has 2 nitrogen and oxygen atoms in total. The Morgan fingerprint density at radius 2 is 1.80 bits per heavy atom. The topological polar surface area (TPSA) is 26.3 Å². The van der Waals surface area contributed by atoms with Crippen LogP contribution in [-0.2, 0) is 4.74 Å². The van der Waals surface area contributed by atoms with Crippen molar-refractivity contribution in [2.45, 2.75) is 20.8 Å². The first-order chi connectivity index (χ1) is 7.06. The van der Waals surface area contributed by atoms with Crippen LogP contribution in [-0.4, -0.2) is 13.1 Å². The highest BCUT2D eigenvalue weighted by atomic mass is 19.2. The quantitative estimate of drug-likeness (QED) is 0.674. The molecule has 1 aromatic carbocycles. The number of esters is 1. The van der Waals surface area contributed by atoms with E-state index >= 15 is 0 Å². The van der Waals surface area contributed by atoms with Gasteiger partial charge >= 0.3 is 5.97 Å². The number of ether oxygens (including phenoxy) is 1. The van der Waals surface area contributed by atoms with Crippen LogP contribution >= 0.6 is 0 Å². The molecule has 0 bridgehead atoms. The summed E-state index contributed by atoms with van der Waals surface area (Å²) in [4.78, 5) is 10.9. The van der Waals surface area contributed by atoms with Crippen LogP contribution in [0.25, 0.3) is 0 Å². The Kier molecular flexibility index (Phi) is 5.52. The lowest BCUT2D eigenvalue weighted by Crippen LogP contribution is -2.06. The van der Waals surface area contributed by atoms with Crippen LogP contribution in [0.1, 0.15) is 29.8 Å². The van der Waals surface area contributed by atoms with Crippen LogP contribution in [0.4, 0.5) is 8.78 Å². The molecular weight excluding hydrogens is 202 g/mol. The average molecular weight is 216 g/mol. The molecule has 0 saturated heterocycles. The van der Waals surface area contributed by atoms with Gasteiger partial charge in [0.2, 0.25) is 0 Å². The zero-order valence-corrected chi connectivity index (χ0v) is 9.23. The van der Waals surface area contributed by atoms with E-state index in [-0.39, 0.29) is 5.56 Å². The van der Waals surface area contributed by atoms with Crippen LogP contribution in [0.3, 0.4) is 0 Å². The monoisotopic (exact) mass is 216 g/mol. The Hall–Kier alpha value is -1.45. The fourth-order valence-corrected chi connectivity index (χ4v) is 0.983. The summed E-state index contributed by atoms with van der Waals surface area (Å²) in [5, 5.41) is 0. The minimum Gasteiger partial charge on any atom is -0.465 e. The number of methoxy groups -OCH3 is 1. The third kappa shape index (κ3) is 3.31. The summed E-state index contributed by atoms with van der Waals surface area (Å²) in [6.07, 6.45) is 0. The number of carbonyl (C=O) groups excluding carboxylic acids is 1. The summed E-state index contributed by atoms with van der Waals surface area (Å²) < 4.78 is 30.0. The lowest BCUT2D eigenvalue weighted by atomic mass is 10.1. The molecule has 0 aliphatic heterocycles. The second-order valence-corrected chi connectivity index (χ2v) is 2.60. The highest BCUT2D eigenvalue weighted by Crippen LogP contribution is 2.15. The zero-order chi connectivity index (χ0) is 12.0. The van der Waals surface area contributed by atoms with E-state index in [1.54, 1.807) is 6.92 Å². The molecule has 0 aliphatic carbocycles. The van der Waals surface area contributed by atoms with E-state index in [4.69, 9.17) is 0 Å². The van der Waals surface area contributed by atoms with Crippen molar-refractivity contribution in [1.82, 2.24) is 0 Å². The van der Waals surface area contributed by atoms with E-state index in [1.807, 2.05) is 13.8 Å². The number of carbonyl (C=O) groups is 1. The van der Waals surface area contributed by atoms with Gasteiger partial charge < -0.3 is 4.74 Å². The molecule has 0 radical (unpaired) electrons. The number of rotatable bonds is 1. The molecule has 0 spiro atoms. The molecule has 15 heavy (non-hydrogen) atoms. The second-order valence-electron chi connectivity index (χ2n) is 2.60. The molecule has 0 aromatic heterocycles.